The molecule has 26 heavy (non-hydrogen) atoms. The van der Waals surface area contributed by atoms with Crippen molar-refractivity contribution in [2.75, 3.05) is 16.8 Å². The molecule has 6 heteroatoms. The van der Waals surface area contributed by atoms with E-state index >= 15 is 0 Å². The summed E-state index contributed by atoms with van der Waals surface area (Å²) >= 11 is 0. The van der Waals surface area contributed by atoms with Gasteiger partial charge in [-0.2, -0.15) is 0 Å². The number of carbonyl (C=O) groups is 1. The van der Waals surface area contributed by atoms with Crippen LogP contribution in [-0.2, 0) is 6.42 Å². The quantitative estimate of drug-likeness (QED) is 0.779. The summed E-state index contributed by atoms with van der Waals surface area (Å²) < 4.78 is 12.9. The first-order valence-corrected chi connectivity index (χ1v) is 8.47. The lowest BCUT2D eigenvalue weighted by molar-refractivity contribution is 0.102. The second-order valence-electron chi connectivity index (χ2n) is 6.12. The first-order chi connectivity index (χ1) is 12.7. The van der Waals surface area contributed by atoms with Crippen LogP contribution in [0.4, 0.5) is 21.6 Å². The van der Waals surface area contributed by atoms with Gasteiger partial charge in [0.1, 0.15) is 5.82 Å². The topological polar surface area (TPSA) is 58.1 Å². The molecule has 2 heterocycles. The number of rotatable bonds is 3. The lowest BCUT2D eigenvalue weighted by Gasteiger charge is -2.29. The van der Waals surface area contributed by atoms with Gasteiger partial charge in [-0.3, -0.25) is 4.79 Å². The molecule has 0 atom stereocenters. The molecule has 0 spiro atoms. The van der Waals surface area contributed by atoms with Gasteiger partial charge in [0.05, 0.1) is 0 Å². The first-order valence-electron chi connectivity index (χ1n) is 8.47. The maximum Gasteiger partial charge on any atom is 0.276 e. The van der Waals surface area contributed by atoms with E-state index in [2.05, 4.69) is 32.5 Å². The zero-order chi connectivity index (χ0) is 17.9. The molecule has 1 amide bonds. The maximum atomic E-state index is 12.9. The number of nitrogens with one attached hydrogen (secondary N) is 1. The van der Waals surface area contributed by atoms with Gasteiger partial charge in [0, 0.05) is 17.9 Å². The number of anilines is 3. The lowest BCUT2D eigenvalue weighted by atomic mass is 10.0. The number of amides is 1. The highest BCUT2D eigenvalue weighted by molar-refractivity contribution is 6.02. The van der Waals surface area contributed by atoms with Gasteiger partial charge in [0.25, 0.3) is 5.91 Å². The van der Waals surface area contributed by atoms with E-state index in [9.17, 15) is 9.18 Å². The zero-order valence-corrected chi connectivity index (χ0v) is 14.0. The molecule has 0 bridgehead atoms. The minimum Gasteiger partial charge on any atom is -0.325 e. The molecule has 1 aromatic heterocycles. The molecule has 0 saturated carbocycles. The molecule has 0 saturated heterocycles. The fraction of sp³-hybridized carbons (Fsp3) is 0.150. The number of benzene rings is 2. The van der Waals surface area contributed by atoms with Crippen LogP contribution in [0.5, 0.6) is 0 Å². The van der Waals surface area contributed by atoms with Gasteiger partial charge >= 0.3 is 0 Å². The Morgan fingerprint density at radius 1 is 1.00 bits per heavy atom. The summed E-state index contributed by atoms with van der Waals surface area (Å²) in [7, 11) is 0. The third-order valence-corrected chi connectivity index (χ3v) is 4.37. The molecular formula is C20H17FN4O. The van der Waals surface area contributed by atoms with Crippen LogP contribution in [0.25, 0.3) is 0 Å². The summed E-state index contributed by atoms with van der Waals surface area (Å²) in [6.07, 6.45) is 2.10. The van der Waals surface area contributed by atoms with E-state index in [1.165, 1.54) is 29.8 Å². The predicted molar refractivity (Wildman–Crippen MR) is 98.2 cm³/mol. The number of halogens is 1. The average molecular weight is 348 g/mol. The fourth-order valence-electron chi connectivity index (χ4n) is 3.09. The van der Waals surface area contributed by atoms with E-state index in [0.29, 0.717) is 5.69 Å². The minimum atomic E-state index is -0.380. The Morgan fingerprint density at radius 3 is 2.58 bits per heavy atom. The highest BCUT2D eigenvalue weighted by atomic mass is 19.1. The summed E-state index contributed by atoms with van der Waals surface area (Å²) in [4.78, 5) is 14.4. The van der Waals surface area contributed by atoms with Gasteiger partial charge < -0.3 is 10.2 Å². The van der Waals surface area contributed by atoms with Gasteiger partial charge in [0.2, 0.25) is 0 Å². The molecule has 2 aromatic carbocycles. The standard InChI is InChI=1S/C20H17FN4O/c21-15-7-9-16(10-8-15)22-20(26)17-11-12-19(24-23-17)25-13-3-5-14-4-1-2-6-18(14)25/h1-2,4,6-12H,3,5,13H2,(H,22,26). The largest absolute Gasteiger partial charge is 0.325 e. The summed E-state index contributed by atoms with van der Waals surface area (Å²) in [5.74, 6) is -0.0147. The molecule has 130 valence electrons. The smallest absolute Gasteiger partial charge is 0.276 e. The van der Waals surface area contributed by atoms with Crippen LogP contribution in [0, 0.1) is 5.82 Å². The Bertz CT molecular complexity index is 925. The minimum absolute atomic E-state index is 0.211. The van der Waals surface area contributed by atoms with Gasteiger partial charge in [0.15, 0.2) is 11.5 Å². The Kier molecular flexibility index (Phi) is 4.31. The third-order valence-electron chi connectivity index (χ3n) is 4.37. The number of fused-ring (bicyclic) bond motifs is 1. The lowest BCUT2D eigenvalue weighted by Crippen LogP contribution is -2.26. The van der Waals surface area contributed by atoms with Crippen LogP contribution in [0.1, 0.15) is 22.5 Å². The van der Waals surface area contributed by atoms with E-state index in [-0.39, 0.29) is 17.4 Å². The summed E-state index contributed by atoms with van der Waals surface area (Å²) in [6, 6.07) is 17.3. The van der Waals surface area contributed by atoms with Gasteiger partial charge in [-0.05, 0) is 60.9 Å². The Labute approximate surface area is 150 Å². The Morgan fingerprint density at radius 2 is 1.81 bits per heavy atom. The molecule has 4 rings (SSSR count). The number of hydrogen-bond donors (Lipinski definition) is 1. The van der Waals surface area contributed by atoms with Crippen LogP contribution in [-0.4, -0.2) is 22.6 Å². The highest BCUT2D eigenvalue weighted by Crippen LogP contribution is 2.31. The molecule has 1 aliphatic heterocycles. The molecule has 0 radical (unpaired) electrons. The van der Waals surface area contributed by atoms with Crippen LogP contribution in [0.2, 0.25) is 0 Å². The maximum absolute atomic E-state index is 12.9. The van der Waals surface area contributed by atoms with Crippen molar-refractivity contribution in [1.82, 2.24) is 10.2 Å². The van der Waals surface area contributed by atoms with E-state index < -0.39 is 0 Å². The Balaban J connectivity index is 1.52. The number of nitrogens with zero attached hydrogens (tertiary/aromatic N) is 3. The molecule has 3 aromatic rings. The van der Waals surface area contributed by atoms with Crippen LogP contribution in [0.15, 0.2) is 60.7 Å². The SMILES string of the molecule is O=C(Nc1ccc(F)cc1)c1ccc(N2CCCc3ccccc32)nn1. The second kappa shape index (κ2) is 6.92. The molecule has 5 nitrogen and oxygen atoms in total. The predicted octanol–water partition coefficient (Wildman–Crippen LogP) is 3.95. The van der Waals surface area contributed by atoms with Crippen molar-refractivity contribution in [2.24, 2.45) is 0 Å². The molecule has 0 fully saturated rings. The van der Waals surface area contributed by atoms with Crippen molar-refractivity contribution in [3.63, 3.8) is 0 Å². The fourth-order valence-corrected chi connectivity index (χ4v) is 3.09. The highest BCUT2D eigenvalue weighted by Gasteiger charge is 2.19. The number of aromatic nitrogens is 2. The number of hydrogen-bond acceptors (Lipinski definition) is 4. The van der Waals surface area contributed by atoms with Crippen molar-refractivity contribution in [3.05, 3.63) is 77.7 Å². The van der Waals surface area contributed by atoms with Crippen LogP contribution < -0.4 is 10.2 Å². The molecule has 0 aliphatic carbocycles. The Hall–Kier alpha value is -3.28. The van der Waals surface area contributed by atoms with Crippen molar-refractivity contribution < 1.29 is 9.18 Å². The molecular weight excluding hydrogens is 331 g/mol. The van der Waals surface area contributed by atoms with E-state index in [4.69, 9.17) is 0 Å². The average Bonchev–Trinajstić information content (AvgIpc) is 2.69. The van der Waals surface area contributed by atoms with Gasteiger partial charge in [-0.1, -0.05) is 18.2 Å². The van der Waals surface area contributed by atoms with E-state index in [1.54, 1.807) is 12.1 Å². The van der Waals surface area contributed by atoms with Gasteiger partial charge in [-0.15, -0.1) is 10.2 Å². The van der Waals surface area contributed by atoms with Crippen molar-refractivity contribution in [3.8, 4) is 0 Å². The zero-order valence-electron chi connectivity index (χ0n) is 14.0. The number of aryl methyl sites for hydroxylation is 1. The monoisotopic (exact) mass is 348 g/mol. The van der Waals surface area contributed by atoms with Crippen LogP contribution in [0.3, 0.4) is 0 Å². The second-order valence-corrected chi connectivity index (χ2v) is 6.12. The molecule has 1 N–H and O–H groups in total. The molecule has 0 unspecified atom stereocenters. The number of carbonyl (C=O) groups excluding carboxylic acids is 1. The van der Waals surface area contributed by atoms with Crippen LogP contribution >= 0.6 is 0 Å². The van der Waals surface area contributed by atoms with Crippen molar-refractivity contribution >= 4 is 23.1 Å². The number of para-hydroxylation sites is 1. The van der Waals surface area contributed by atoms with E-state index in [0.717, 1.165) is 30.9 Å². The van der Waals surface area contributed by atoms with Gasteiger partial charge in [-0.25, -0.2) is 4.39 Å². The first kappa shape index (κ1) is 16.2. The van der Waals surface area contributed by atoms with E-state index in [1.807, 2.05) is 12.1 Å². The molecule has 1 aliphatic rings. The van der Waals surface area contributed by atoms with Crippen molar-refractivity contribution in [1.29, 1.82) is 0 Å². The summed E-state index contributed by atoms with van der Waals surface area (Å²) in [5.41, 5.74) is 3.14. The normalized spacial score (nSPS) is 13.2. The summed E-state index contributed by atoms with van der Waals surface area (Å²) in [6.45, 7) is 0.868. The third kappa shape index (κ3) is 3.26. The summed E-state index contributed by atoms with van der Waals surface area (Å²) in [5, 5.41) is 11.0. The van der Waals surface area contributed by atoms with Crippen molar-refractivity contribution in [2.45, 2.75) is 12.8 Å².